The van der Waals surface area contributed by atoms with Crippen molar-refractivity contribution in [2.24, 2.45) is 12.5 Å². The number of aromatic nitrogens is 3. The third kappa shape index (κ3) is 4.00. The van der Waals surface area contributed by atoms with E-state index in [0.717, 1.165) is 48.0 Å². The van der Waals surface area contributed by atoms with E-state index in [9.17, 15) is 9.18 Å². The summed E-state index contributed by atoms with van der Waals surface area (Å²) in [6.45, 7) is 3.57. The van der Waals surface area contributed by atoms with Crippen molar-refractivity contribution < 1.29 is 9.18 Å². The van der Waals surface area contributed by atoms with E-state index < -0.39 is 5.41 Å². The number of alkyl halides is 1. The van der Waals surface area contributed by atoms with E-state index in [2.05, 4.69) is 26.3 Å². The Hall–Kier alpha value is -2.80. The first-order chi connectivity index (χ1) is 14.0. The third-order valence-electron chi connectivity index (χ3n) is 5.98. The van der Waals surface area contributed by atoms with Crippen molar-refractivity contribution in [2.45, 2.75) is 19.8 Å². The smallest absolute Gasteiger partial charge is 0.231 e. The van der Waals surface area contributed by atoms with Gasteiger partial charge in [0.1, 0.15) is 12.5 Å². The number of rotatable bonds is 5. The summed E-state index contributed by atoms with van der Waals surface area (Å²) < 4.78 is 14.5. The number of hydrogen-bond acceptors (Lipinski definition) is 4. The molecule has 2 aromatic heterocycles. The fourth-order valence-electron chi connectivity index (χ4n) is 3.89. The van der Waals surface area contributed by atoms with Crippen molar-refractivity contribution >= 4 is 22.5 Å². The van der Waals surface area contributed by atoms with Gasteiger partial charge in [-0.1, -0.05) is 19.1 Å². The van der Waals surface area contributed by atoms with Crippen molar-refractivity contribution in [1.82, 2.24) is 19.4 Å². The maximum atomic E-state index is 12.9. The molecule has 0 unspecified atom stereocenters. The Bertz CT molecular complexity index is 1020. The zero-order valence-corrected chi connectivity index (χ0v) is 16.9. The summed E-state index contributed by atoms with van der Waals surface area (Å²) >= 11 is 0. The lowest BCUT2D eigenvalue weighted by Crippen LogP contribution is -2.45. The number of benzene rings is 1. The number of nitrogens with zero attached hydrogens (tertiary/aromatic N) is 4. The van der Waals surface area contributed by atoms with Crippen molar-refractivity contribution in [2.75, 3.05) is 31.6 Å². The number of halogens is 1. The quantitative estimate of drug-likeness (QED) is 0.716. The first kappa shape index (κ1) is 19.5. The zero-order chi connectivity index (χ0) is 20.4. The highest BCUT2D eigenvalue weighted by Gasteiger charge is 2.36. The molecule has 4 rings (SSSR count). The summed E-state index contributed by atoms with van der Waals surface area (Å²) in [6, 6.07) is 8.07. The van der Waals surface area contributed by atoms with Crippen LogP contribution in [0.25, 0.3) is 22.0 Å². The first-order valence-corrected chi connectivity index (χ1v) is 9.95. The van der Waals surface area contributed by atoms with Crippen LogP contribution in [0, 0.1) is 5.41 Å². The van der Waals surface area contributed by atoms with Crippen LogP contribution in [0.5, 0.6) is 0 Å². The van der Waals surface area contributed by atoms with Gasteiger partial charge < -0.3 is 14.8 Å². The molecule has 1 aliphatic rings. The van der Waals surface area contributed by atoms with Gasteiger partial charge in [0.25, 0.3) is 0 Å². The molecule has 3 heterocycles. The summed E-state index contributed by atoms with van der Waals surface area (Å²) in [5.41, 5.74) is 1.63. The van der Waals surface area contributed by atoms with E-state index in [1.807, 2.05) is 42.9 Å². The fraction of sp³-hybridized carbons (Fsp3) is 0.409. The number of nitrogens with one attached hydrogen (secondary N) is 1. The highest BCUT2D eigenvalue weighted by molar-refractivity contribution is 5.96. The molecule has 6 nitrogen and oxygen atoms in total. The molecule has 1 aromatic carbocycles. The summed E-state index contributed by atoms with van der Waals surface area (Å²) in [5, 5.41) is 5.02. The lowest BCUT2D eigenvalue weighted by Gasteiger charge is -2.37. The fourth-order valence-corrected chi connectivity index (χ4v) is 3.89. The highest BCUT2D eigenvalue weighted by Crippen LogP contribution is 2.32. The summed E-state index contributed by atoms with van der Waals surface area (Å²) in [7, 11) is 1.96. The molecule has 1 aliphatic heterocycles. The van der Waals surface area contributed by atoms with Crippen LogP contribution in [0.1, 0.15) is 19.8 Å². The van der Waals surface area contributed by atoms with E-state index in [1.165, 1.54) is 0 Å². The maximum Gasteiger partial charge on any atom is 0.231 e. The van der Waals surface area contributed by atoms with Gasteiger partial charge in [-0.3, -0.25) is 4.79 Å². The lowest BCUT2D eigenvalue weighted by atomic mass is 9.79. The molecular weight excluding hydrogens is 369 g/mol. The Morgan fingerprint density at radius 2 is 2.00 bits per heavy atom. The second-order valence-electron chi connectivity index (χ2n) is 8.07. The maximum absolute atomic E-state index is 12.9. The molecule has 3 aromatic rings. The molecular formula is C22H26FN5O. The minimum atomic E-state index is -0.458. The van der Waals surface area contributed by atoms with Gasteiger partial charge >= 0.3 is 0 Å². The average Bonchev–Trinajstić information content (AvgIpc) is 3.15. The molecule has 29 heavy (non-hydrogen) atoms. The lowest BCUT2D eigenvalue weighted by molar-refractivity contribution is -0.127. The van der Waals surface area contributed by atoms with Gasteiger partial charge in [-0.15, -0.1) is 0 Å². The van der Waals surface area contributed by atoms with Crippen LogP contribution in [-0.2, 0) is 11.8 Å². The largest absolute Gasteiger partial charge is 0.334 e. The van der Waals surface area contributed by atoms with Gasteiger partial charge in [0.05, 0.1) is 18.2 Å². The van der Waals surface area contributed by atoms with Crippen molar-refractivity contribution in [3.63, 3.8) is 0 Å². The van der Waals surface area contributed by atoms with Gasteiger partial charge in [-0.05, 0) is 43.5 Å². The first-order valence-electron chi connectivity index (χ1n) is 9.95. The molecule has 0 spiro atoms. The minimum Gasteiger partial charge on any atom is -0.334 e. The number of fused-ring (bicyclic) bond motifs is 1. The molecule has 152 valence electrons. The molecule has 0 aliphatic carbocycles. The Kier molecular flexibility index (Phi) is 5.32. The number of anilines is 1. The highest BCUT2D eigenvalue weighted by atomic mass is 19.1. The van der Waals surface area contributed by atoms with E-state index in [4.69, 9.17) is 0 Å². The van der Waals surface area contributed by atoms with Crippen LogP contribution in [0.4, 0.5) is 10.2 Å². The normalized spacial score (nSPS) is 16.8. The number of carbonyl (C=O) groups excluding carboxylic acids is 1. The van der Waals surface area contributed by atoms with E-state index in [-0.39, 0.29) is 12.6 Å². The van der Waals surface area contributed by atoms with E-state index in [1.54, 1.807) is 12.5 Å². The van der Waals surface area contributed by atoms with Crippen LogP contribution in [0.2, 0.25) is 0 Å². The van der Waals surface area contributed by atoms with Crippen LogP contribution in [0.15, 0.2) is 43.0 Å². The number of amides is 1. The summed E-state index contributed by atoms with van der Waals surface area (Å²) in [6.07, 6.45) is 6.83. The molecule has 1 amide bonds. The topological polar surface area (TPSA) is 63.1 Å². The SMILES string of the molecule is Cn1cncc1-c1ccc2cnc(NC(=O)C3(C)CCN(CCF)CC3)cc2c1. The van der Waals surface area contributed by atoms with Crippen LogP contribution < -0.4 is 5.32 Å². The van der Waals surface area contributed by atoms with Crippen molar-refractivity contribution in [1.29, 1.82) is 0 Å². The minimum absolute atomic E-state index is 0.0213. The Morgan fingerprint density at radius 3 is 2.69 bits per heavy atom. The van der Waals surface area contributed by atoms with Crippen LogP contribution in [-0.4, -0.2) is 51.7 Å². The molecule has 1 N–H and O–H groups in total. The molecule has 0 saturated carbocycles. The van der Waals surface area contributed by atoms with Crippen molar-refractivity contribution in [3.05, 3.63) is 43.0 Å². The van der Waals surface area contributed by atoms with Gasteiger partial charge in [-0.25, -0.2) is 14.4 Å². The Labute approximate surface area is 169 Å². The summed E-state index contributed by atoms with van der Waals surface area (Å²) in [5.74, 6) is 0.532. The van der Waals surface area contributed by atoms with Crippen LogP contribution in [0.3, 0.4) is 0 Å². The number of pyridine rings is 1. The molecule has 1 fully saturated rings. The Balaban J connectivity index is 1.52. The van der Waals surface area contributed by atoms with Crippen LogP contribution >= 0.6 is 0 Å². The van der Waals surface area contributed by atoms with E-state index in [0.29, 0.717) is 12.4 Å². The van der Waals surface area contributed by atoms with Gasteiger partial charge in [0.2, 0.25) is 5.91 Å². The third-order valence-corrected chi connectivity index (χ3v) is 5.98. The molecule has 0 radical (unpaired) electrons. The van der Waals surface area contributed by atoms with E-state index >= 15 is 0 Å². The summed E-state index contributed by atoms with van der Waals surface area (Å²) in [4.78, 5) is 23.6. The standard InChI is InChI=1S/C22H26FN5O/c1-22(5-8-28(9-6-22)10-7-23)21(29)26-20-12-18-11-16(3-4-17(18)13-25-20)19-14-24-15-27(19)2/h3-4,11-15H,5-10H2,1-2H3,(H,25,26,29). The molecule has 0 atom stereocenters. The number of imidazole rings is 1. The van der Waals surface area contributed by atoms with Crippen molar-refractivity contribution in [3.8, 4) is 11.3 Å². The monoisotopic (exact) mass is 395 g/mol. The molecule has 1 saturated heterocycles. The number of likely N-dealkylation sites (tertiary alicyclic amines) is 1. The number of carbonyl (C=O) groups is 1. The number of piperidine rings is 1. The predicted molar refractivity (Wildman–Crippen MR) is 112 cm³/mol. The second kappa shape index (κ2) is 7.91. The zero-order valence-electron chi connectivity index (χ0n) is 16.9. The van der Waals surface area contributed by atoms with Gasteiger partial charge in [0, 0.05) is 36.2 Å². The molecule has 0 bridgehead atoms. The van der Waals surface area contributed by atoms with Gasteiger partial charge in [0.15, 0.2) is 0 Å². The van der Waals surface area contributed by atoms with Gasteiger partial charge in [-0.2, -0.15) is 0 Å². The number of aryl methyl sites for hydroxylation is 1. The Morgan fingerprint density at radius 1 is 1.21 bits per heavy atom. The predicted octanol–water partition coefficient (Wildman–Crippen LogP) is 3.65. The average molecular weight is 395 g/mol. The second-order valence-corrected chi connectivity index (χ2v) is 8.07. The molecule has 7 heteroatoms. The number of hydrogen-bond donors (Lipinski definition) is 1.